The monoisotopic (exact) mass is 226 g/mol. The molecule has 1 aliphatic heterocycles. The third-order valence-electron chi connectivity index (χ3n) is 4.14. The van der Waals surface area contributed by atoms with Crippen molar-refractivity contribution < 1.29 is 0 Å². The second kappa shape index (κ2) is 5.50. The highest BCUT2D eigenvalue weighted by Crippen LogP contribution is 2.25. The summed E-state index contributed by atoms with van der Waals surface area (Å²) in [5.41, 5.74) is 0.365. The average Bonchev–Trinajstić information content (AvgIpc) is 2.25. The first-order valence-corrected chi connectivity index (χ1v) is 6.89. The number of piperazine rings is 1. The molecule has 1 aliphatic rings. The molecular formula is C14H30N2. The van der Waals surface area contributed by atoms with Gasteiger partial charge < -0.3 is 5.32 Å². The molecule has 16 heavy (non-hydrogen) atoms. The Kier molecular flexibility index (Phi) is 4.81. The van der Waals surface area contributed by atoms with Crippen LogP contribution in [-0.4, -0.2) is 36.1 Å². The number of hydrogen-bond donors (Lipinski definition) is 1. The zero-order valence-electron chi connectivity index (χ0n) is 12.0. The van der Waals surface area contributed by atoms with E-state index in [1.807, 2.05) is 0 Å². The minimum Gasteiger partial charge on any atom is -0.311 e. The van der Waals surface area contributed by atoms with Crippen molar-refractivity contribution in [3.63, 3.8) is 0 Å². The van der Waals surface area contributed by atoms with E-state index in [1.54, 1.807) is 0 Å². The van der Waals surface area contributed by atoms with Crippen molar-refractivity contribution in [2.75, 3.05) is 13.1 Å². The first-order valence-electron chi connectivity index (χ1n) is 6.89. The van der Waals surface area contributed by atoms with Crippen LogP contribution >= 0.6 is 0 Å². The molecule has 0 radical (unpaired) electrons. The summed E-state index contributed by atoms with van der Waals surface area (Å²) in [5, 5.41) is 3.73. The van der Waals surface area contributed by atoms with Gasteiger partial charge in [-0.2, -0.15) is 0 Å². The Bertz CT molecular complexity index is 207. The average molecular weight is 226 g/mol. The Balaban J connectivity index is 2.69. The van der Waals surface area contributed by atoms with Gasteiger partial charge in [-0.05, 0) is 25.2 Å². The van der Waals surface area contributed by atoms with Gasteiger partial charge in [-0.25, -0.2) is 0 Å². The summed E-state index contributed by atoms with van der Waals surface area (Å²) in [5.74, 6) is 0. The second-order valence-corrected chi connectivity index (χ2v) is 6.34. The normalized spacial score (nSPS) is 30.4. The van der Waals surface area contributed by atoms with Crippen LogP contribution in [0.3, 0.4) is 0 Å². The van der Waals surface area contributed by atoms with Crippen molar-refractivity contribution in [2.24, 2.45) is 5.41 Å². The summed E-state index contributed by atoms with van der Waals surface area (Å²) in [4.78, 5) is 2.71. The summed E-state index contributed by atoms with van der Waals surface area (Å²) in [7, 11) is 0. The molecule has 0 saturated carbocycles. The molecule has 0 aromatic carbocycles. The van der Waals surface area contributed by atoms with Gasteiger partial charge in [0.25, 0.3) is 0 Å². The fourth-order valence-electron chi connectivity index (χ4n) is 2.55. The van der Waals surface area contributed by atoms with Crippen LogP contribution in [-0.2, 0) is 0 Å². The van der Waals surface area contributed by atoms with Crippen molar-refractivity contribution in [3.05, 3.63) is 0 Å². The Morgan fingerprint density at radius 2 is 1.94 bits per heavy atom. The molecule has 0 aromatic heterocycles. The summed E-state index contributed by atoms with van der Waals surface area (Å²) in [6.45, 7) is 16.3. The minimum absolute atomic E-state index is 0.365. The Hall–Kier alpha value is -0.0800. The van der Waals surface area contributed by atoms with Crippen LogP contribution in [0.2, 0.25) is 0 Å². The van der Waals surface area contributed by atoms with Gasteiger partial charge in [-0.1, -0.05) is 34.6 Å². The van der Waals surface area contributed by atoms with Gasteiger partial charge in [0.1, 0.15) is 0 Å². The highest BCUT2D eigenvalue weighted by atomic mass is 15.3. The molecule has 1 saturated heterocycles. The third kappa shape index (κ3) is 3.21. The Morgan fingerprint density at radius 3 is 2.38 bits per heavy atom. The molecule has 1 N–H and O–H groups in total. The lowest BCUT2D eigenvalue weighted by Gasteiger charge is -2.47. The molecule has 1 heterocycles. The standard InChI is InChI=1S/C14H30N2/c1-7-11(3)16-10-13(14(4,5)6)15-9-12(16)8-2/h11-13,15H,7-10H2,1-6H3. The molecule has 0 amide bonds. The van der Waals surface area contributed by atoms with Crippen LogP contribution in [0, 0.1) is 5.41 Å². The van der Waals surface area contributed by atoms with Crippen LogP contribution in [0.15, 0.2) is 0 Å². The van der Waals surface area contributed by atoms with Crippen molar-refractivity contribution in [2.45, 2.75) is 72.5 Å². The van der Waals surface area contributed by atoms with E-state index in [1.165, 1.54) is 19.4 Å². The molecule has 1 rings (SSSR count). The van der Waals surface area contributed by atoms with E-state index in [2.05, 4.69) is 51.8 Å². The maximum Gasteiger partial charge on any atom is 0.0244 e. The number of nitrogens with one attached hydrogen (secondary N) is 1. The van der Waals surface area contributed by atoms with Gasteiger partial charge in [0.15, 0.2) is 0 Å². The Morgan fingerprint density at radius 1 is 1.31 bits per heavy atom. The minimum atomic E-state index is 0.365. The fraction of sp³-hybridized carbons (Fsp3) is 1.00. The smallest absolute Gasteiger partial charge is 0.0244 e. The maximum atomic E-state index is 3.73. The van der Waals surface area contributed by atoms with Crippen LogP contribution in [0.1, 0.15) is 54.4 Å². The first-order chi connectivity index (χ1) is 7.40. The largest absolute Gasteiger partial charge is 0.311 e. The molecular weight excluding hydrogens is 196 g/mol. The molecule has 0 bridgehead atoms. The van der Waals surface area contributed by atoms with Crippen LogP contribution in [0.4, 0.5) is 0 Å². The predicted octanol–water partition coefficient (Wildman–Crippen LogP) is 2.88. The number of hydrogen-bond acceptors (Lipinski definition) is 2. The molecule has 2 nitrogen and oxygen atoms in total. The molecule has 3 unspecified atom stereocenters. The van der Waals surface area contributed by atoms with Crippen molar-refractivity contribution >= 4 is 0 Å². The second-order valence-electron chi connectivity index (χ2n) is 6.34. The quantitative estimate of drug-likeness (QED) is 0.796. The summed E-state index contributed by atoms with van der Waals surface area (Å²) < 4.78 is 0. The topological polar surface area (TPSA) is 15.3 Å². The van der Waals surface area contributed by atoms with Crippen LogP contribution in [0.5, 0.6) is 0 Å². The van der Waals surface area contributed by atoms with E-state index in [4.69, 9.17) is 0 Å². The van der Waals surface area contributed by atoms with Crippen LogP contribution < -0.4 is 5.32 Å². The molecule has 0 aromatic rings. The van der Waals surface area contributed by atoms with Gasteiger partial charge in [0.05, 0.1) is 0 Å². The van der Waals surface area contributed by atoms with Gasteiger partial charge in [0.2, 0.25) is 0 Å². The lowest BCUT2D eigenvalue weighted by molar-refractivity contribution is 0.0522. The number of rotatable bonds is 3. The maximum absolute atomic E-state index is 3.73. The fourth-order valence-corrected chi connectivity index (χ4v) is 2.55. The molecule has 3 atom stereocenters. The SMILES string of the molecule is CCC(C)N1CC(C(C)(C)C)NCC1CC. The molecule has 2 heteroatoms. The first kappa shape index (κ1) is 14.0. The van der Waals surface area contributed by atoms with E-state index in [9.17, 15) is 0 Å². The highest BCUT2D eigenvalue weighted by molar-refractivity contribution is 4.92. The van der Waals surface area contributed by atoms with Gasteiger partial charge in [0, 0.05) is 31.2 Å². The van der Waals surface area contributed by atoms with Crippen molar-refractivity contribution in [1.82, 2.24) is 10.2 Å². The van der Waals surface area contributed by atoms with Crippen molar-refractivity contribution in [3.8, 4) is 0 Å². The molecule has 96 valence electrons. The predicted molar refractivity (Wildman–Crippen MR) is 71.8 cm³/mol. The lowest BCUT2D eigenvalue weighted by Crippen LogP contribution is -2.62. The zero-order valence-corrected chi connectivity index (χ0v) is 12.0. The van der Waals surface area contributed by atoms with E-state index in [-0.39, 0.29) is 0 Å². The summed E-state index contributed by atoms with van der Waals surface area (Å²) in [6, 6.07) is 2.08. The third-order valence-corrected chi connectivity index (χ3v) is 4.14. The van der Waals surface area contributed by atoms with Crippen molar-refractivity contribution in [1.29, 1.82) is 0 Å². The van der Waals surface area contributed by atoms with Crippen LogP contribution in [0.25, 0.3) is 0 Å². The van der Waals surface area contributed by atoms with E-state index in [0.717, 1.165) is 18.6 Å². The van der Waals surface area contributed by atoms with E-state index in [0.29, 0.717) is 11.5 Å². The highest BCUT2D eigenvalue weighted by Gasteiger charge is 2.34. The van der Waals surface area contributed by atoms with E-state index >= 15 is 0 Å². The summed E-state index contributed by atoms with van der Waals surface area (Å²) >= 11 is 0. The van der Waals surface area contributed by atoms with Gasteiger partial charge in [-0.3, -0.25) is 4.90 Å². The van der Waals surface area contributed by atoms with Gasteiger partial charge >= 0.3 is 0 Å². The zero-order chi connectivity index (χ0) is 12.3. The lowest BCUT2D eigenvalue weighted by atomic mass is 9.84. The number of nitrogens with zero attached hydrogens (tertiary/aromatic N) is 1. The van der Waals surface area contributed by atoms with Gasteiger partial charge in [-0.15, -0.1) is 0 Å². The Labute approximate surface area is 102 Å². The molecule has 1 fully saturated rings. The molecule has 0 aliphatic carbocycles. The van der Waals surface area contributed by atoms with E-state index < -0.39 is 0 Å². The molecule has 0 spiro atoms. The summed E-state index contributed by atoms with van der Waals surface area (Å²) in [6.07, 6.45) is 2.52.